The number of hydrogen-bond donors (Lipinski definition) is 0. The molecule has 5 heteroatoms. The summed E-state index contributed by atoms with van der Waals surface area (Å²) in [6.07, 6.45) is 2.82. The summed E-state index contributed by atoms with van der Waals surface area (Å²) in [7, 11) is 0. The van der Waals surface area contributed by atoms with Crippen LogP contribution in [0.5, 0.6) is 0 Å². The number of aromatic nitrogens is 1. The van der Waals surface area contributed by atoms with E-state index in [9.17, 15) is 4.79 Å². The van der Waals surface area contributed by atoms with Crippen LogP contribution < -0.4 is 0 Å². The van der Waals surface area contributed by atoms with Crippen molar-refractivity contribution in [3.8, 4) is 0 Å². The Kier molecular flexibility index (Phi) is 5.81. The van der Waals surface area contributed by atoms with E-state index in [1.807, 2.05) is 24.3 Å². The van der Waals surface area contributed by atoms with E-state index >= 15 is 0 Å². The van der Waals surface area contributed by atoms with Gasteiger partial charge in [-0.25, -0.2) is 0 Å². The fourth-order valence-corrected chi connectivity index (χ4v) is 2.42. The molecule has 0 spiro atoms. The van der Waals surface area contributed by atoms with Crippen molar-refractivity contribution >= 4 is 29.1 Å². The molecule has 1 amide bonds. The number of carbonyl (C=O) groups is 1. The molecule has 1 aliphatic rings. The van der Waals surface area contributed by atoms with E-state index in [0.29, 0.717) is 28.7 Å². The van der Waals surface area contributed by atoms with E-state index in [1.165, 1.54) is 6.42 Å². The van der Waals surface area contributed by atoms with Crippen LogP contribution in [0.3, 0.4) is 0 Å². The molecule has 3 rings (SSSR count). The first kappa shape index (κ1) is 16.8. The molecule has 0 saturated heterocycles. The molecule has 0 aliphatic carbocycles. The van der Waals surface area contributed by atoms with Crippen LogP contribution in [0.15, 0.2) is 36.5 Å². The van der Waals surface area contributed by atoms with Crippen molar-refractivity contribution in [3.05, 3.63) is 63.4 Å². The predicted octanol–water partition coefficient (Wildman–Crippen LogP) is 4.96. The molecule has 0 N–H and O–H groups in total. The molecule has 1 aliphatic heterocycles. The Hall–Kier alpha value is -1.58. The maximum Gasteiger partial charge on any atom is 0.256 e. The lowest BCUT2D eigenvalue weighted by atomic mass is 10.2. The van der Waals surface area contributed by atoms with Gasteiger partial charge in [-0.2, -0.15) is 0 Å². The number of amides is 1. The highest BCUT2D eigenvalue weighted by Crippen LogP contribution is 2.25. The number of carbonyl (C=O) groups excluding carboxylic acids is 1. The number of benzene rings is 1. The maximum absolute atomic E-state index is 12.2. The highest BCUT2D eigenvalue weighted by atomic mass is 35.5. The molecular formula is C17H18Cl2N2O. The summed E-state index contributed by atoms with van der Waals surface area (Å²) in [4.78, 5) is 18.2. The van der Waals surface area contributed by atoms with E-state index in [1.54, 1.807) is 17.2 Å². The van der Waals surface area contributed by atoms with Crippen LogP contribution in [0.2, 0.25) is 10.0 Å². The van der Waals surface area contributed by atoms with Gasteiger partial charge in [-0.1, -0.05) is 55.6 Å². The number of rotatable bonds is 2. The quantitative estimate of drug-likeness (QED) is 0.776. The molecule has 116 valence electrons. The summed E-state index contributed by atoms with van der Waals surface area (Å²) in [5.41, 5.74) is 2.42. The van der Waals surface area contributed by atoms with Gasteiger partial charge in [-0.05, 0) is 23.8 Å². The van der Waals surface area contributed by atoms with Gasteiger partial charge in [0.15, 0.2) is 0 Å². The van der Waals surface area contributed by atoms with E-state index in [2.05, 4.69) is 18.8 Å². The molecule has 2 heterocycles. The first-order valence-electron chi connectivity index (χ1n) is 7.23. The van der Waals surface area contributed by atoms with Crippen LogP contribution in [0.1, 0.15) is 41.9 Å². The van der Waals surface area contributed by atoms with Gasteiger partial charge in [0.1, 0.15) is 0 Å². The summed E-state index contributed by atoms with van der Waals surface area (Å²) < 4.78 is 0. The molecule has 3 nitrogen and oxygen atoms in total. The van der Waals surface area contributed by atoms with Gasteiger partial charge in [-0.15, -0.1) is 0 Å². The first-order valence-corrected chi connectivity index (χ1v) is 7.98. The lowest BCUT2D eigenvalue weighted by molar-refractivity contribution is 0.0766. The van der Waals surface area contributed by atoms with Crippen LogP contribution >= 0.6 is 23.2 Å². The summed E-state index contributed by atoms with van der Waals surface area (Å²) in [6.45, 7) is 5.32. The molecular weight excluding hydrogens is 319 g/mol. The topological polar surface area (TPSA) is 33.2 Å². The Labute approximate surface area is 140 Å². The van der Waals surface area contributed by atoms with E-state index in [4.69, 9.17) is 23.2 Å². The zero-order chi connectivity index (χ0) is 16.1. The van der Waals surface area contributed by atoms with Crippen LogP contribution in [0.25, 0.3) is 0 Å². The SMILES string of the molecule is CCC.O=C1c2cc(Cl)cnc2CN1Cc1ccc(Cl)cc1. The molecule has 0 atom stereocenters. The van der Waals surface area contributed by atoms with Crippen molar-refractivity contribution in [1.82, 2.24) is 9.88 Å². The summed E-state index contributed by atoms with van der Waals surface area (Å²) in [5.74, 6) is -0.0278. The number of nitrogens with zero attached hydrogens (tertiary/aromatic N) is 2. The zero-order valence-electron chi connectivity index (χ0n) is 12.6. The van der Waals surface area contributed by atoms with Crippen molar-refractivity contribution in [2.24, 2.45) is 0 Å². The highest BCUT2D eigenvalue weighted by molar-refractivity contribution is 6.31. The molecule has 0 unspecified atom stereocenters. The standard InChI is InChI=1S/C14H10Cl2N2O.C3H8/c15-10-3-1-9(2-4-10)7-18-8-13-12(14(18)19)5-11(16)6-17-13;1-3-2/h1-6H,7-8H2;3H2,1-2H3. The summed E-state index contributed by atoms with van der Waals surface area (Å²) in [6, 6.07) is 9.14. The van der Waals surface area contributed by atoms with Gasteiger partial charge < -0.3 is 4.90 Å². The van der Waals surface area contributed by atoms with Crippen molar-refractivity contribution < 1.29 is 4.79 Å². The zero-order valence-corrected chi connectivity index (χ0v) is 14.2. The normalized spacial score (nSPS) is 12.7. The van der Waals surface area contributed by atoms with Gasteiger partial charge in [-0.3, -0.25) is 9.78 Å². The van der Waals surface area contributed by atoms with E-state index in [0.717, 1.165) is 11.3 Å². The van der Waals surface area contributed by atoms with Crippen molar-refractivity contribution in [3.63, 3.8) is 0 Å². The summed E-state index contributed by atoms with van der Waals surface area (Å²) in [5, 5.41) is 1.17. The third kappa shape index (κ3) is 3.99. The van der Waals surface area contributed by atoms with Crippen molar-refractivity contribution in [2.45, 2.75) is 33.4 Å². The number of halogens is 2. The van der Waals surface area contributed by atoms with E-state index in [-0.39, 0.29) is 5.91 Å². The Morgan fingerprint density at radius 1 is 1.14 bits per heavy atom. The third-order valence-electron chi connectivity index (χ3n) is 3.08. The molecule has 1 aromatic carbocycles. The average Bonchev–Trinajstić information content (AvgIpc) is 2.79. The Morgan fingerprint density at radius 2 is 1.77 bits per heavy atom. The van der Waals surface area contributed by atoms with Crippen LogP contribution in [-0.2, 0) is 13.1 Å². The largest absolute Gasteiger partial charge is 0.328 e. The summed E-state index contributed by atoms with van der Waals surface area (Å²) >= 11 is 11.7. The molecule has 1 aromatic heterocycles. The lowest BCUT2D eigenvalue weighted by Crippen LogP contribution is -2.23. The molecule has 0 bridgehead atoms. The average molecular weight is 337 g/mol. The number of fused-ring (bicyclic) bond motifs is 1. The van der Waals surface area contributed by atoms with Gasteiger partial charge in [0.25, 0.3) is 5.91 Å². The first-order chi connectivity index (χ1) is 10.5. The van der Waals surface area contributed by atoms with E-state index < -0.39 is 0 Å². The van der Waals surface area contributed by atoms with Crippen LogP contribution in [0.4, 0.5) is 0 Å². The molecule has 22 heavy (non-hydrogen) atoms. The van der Waals surface area contributed by atoms with Gasteiger partial charge in [0.2, 0.25) is 0 Å². The van der Waals surface area contributed by atoms with Crippen molar-refractivity contribution in [1.29, 1.82) is 0 Å². The third-order valence-corrected chi connectivity index (χ3v) is 3.54. The Bertz CT molecular complexity index is 656. The smallest absolute Gasteiger partial charge is 0.256 e. The van der Waals surface area contributed by atoms with Gasteiger partial charge in [0.05, 0.1) is 22.8 Å². The Balaban J connectivity index is 0.000000545. The van der Waals surface area contributed by atoms with Crippen LogP contribution in [0, 0.1) is 0 Å². The second-order valence-corrected chi connectivity index (χ2v) is 6.02. The minimum Gasteiger partial charge on any atom is -0.328 e. The Morgan fingerprint density at radius 3 is 2.41 bits per heavy atom. The fourth-order valence-electron chi connectivity index (χ4n) is 2.14. The second-order valence-electron chi connectivity index (χ2n) is 5.14. The van der Waals surface area contributed by atoms with Crippen LogP contribution in [-0.4, -0.2) is 15.8 Å². The monoisotopic (exact) mass is 336 g/mol. The molecule has 0 radical (unpaired) electrons. The fraction of sp³-hybridized carbons (Fsp3) is 0.294. The molecule has 0 saturated carbocycles. The van der Waals surface area contributed by atoms with Gasteiger partial charge in [0, 0.05) is 17.8 Å². The predicted molar refractivity (Wildman–Crippen MR) is 90.2 cm³/mol. The highest BCUT2D eigenvalue weighted by Gasteiger charge is 2.28. The number of hydrogen-bond acceptors (Lipinski definition) is 2. The second kappa shape index (κ2) is 7.61. The maximum atomic E-state index is 12.2. The van der Waals surface area contributed by atoms with Crippen molar-refractivity contribution in [2.75, 3.05) is 0 Å². The van der Waals surface area contributed by atoms with Gasteiger partial charge >= 0.3 is 0 Å². The molecule has 2 aromatic rings. The lowest BCUT2D eigenvalue weighted by Gasteiger charge is -2.15. The minimum atomic E-state index is -0.0278. The number of pyridine rings is 1. The molecule has 0 fully saturated rings. The minimum absolute atomic E-state index is 0.0278.